The van der Waals surface area contributed by atoms with Gasteiger partial charge in [0.05, 0.1) is 6.54 Å². The SMILES string of the molecule is O=C=NCc1ccc(F)cc1Cl. The molecule has 0 aromatic heterocycles. The summed E-state index contributed by atoms with van der Waals surface area (Å²) < 4.78 is 12.5. The van der Waals surface area contributed by atoms with E-state index in [1.165, 1.54) is 24.3 Å². The number of rotatable bonds is 2. The van der Waals surface area contributed by atoms with E-state index in [2.05, 4.69) is 4.99 Å². The van der Waals surface area contributed by atoms with Crippen LogP contribution in [0.15, 0.2) is 23.2 Å². The standard InChI is InChI=1S/C8H5ClFNO/c9-8-3-7(10)2-1-6(8)4-11-5-12/h1-3H,4H2. The van der Waals surface area contributed by atoms with Crippen LogP contribution < -0.4 is 0 Å². The third-order valence-electron chi connectivity index (χ3n) is 1.33. The Hall–Kier alpha value is -1.18. The van der Waals surface area contributed by atoms with Crippen molar-refractivity contribution in [1.29, 1.82) is 0 Å². The minimum Gasteiger partial charge on any atom is -0.211 e. The highest BCUT2D eigenvalue weighted by Crippen LogP contribution is 2.17. The monoisotopic (exact) mass is 185 g/mol. The van der Waals surface area contributed by atoms with E-state index in [9.17, 15) is 9.18 Å². The molecule has 0 aliphatic heterocycles. The molecule has 0 N–H and O–H groups in total. The molecule has 1 rings (SSSR count). The summed E-state index contributed by atoms with van der Waals surface area (Å²) in [6.07, 6.45) is 1.38. The topological polar surface area (TPSA) is 29.4 Å². The Kier molecular flexibility index (Phi) is 2.97. The van der Waals surface area contributed by atoms with Gasteiger partial charge >= 0.3 is 0 Å². The number of aliphatic imine (C=N–C) groups is 1. The van der Waals surface area contributed by atoms with Crippen LogP contribution in [0.5, 0.6) is 0 Å². The third-order valence-corrected chi connectivity index (χ3v) is 1.68. The number of hydrogen-bond donors (Lipinski definition) is 0. The number of isocyanates is 1. The van der Waals surface area contributed by atoms with Gasteiger partial charge in [0.2, 0.25) is 6.08 Å². The molecular weight excluding hydrogens is 181 g/mol. The Morgan fingerprint density at radius 3 is 2.92 bits per heavy atom. The summed E-state index contributed by atoms with van der Waals surface area (Å²) in [6.45, 7) is 0.141. The van der Waals surface area contributed by atoms with Gasteiger partial charge in [-0.2, -0.15) is 0 Å². The van der Waals surface area contributed by atoms with E-state index in [1.54, 1.807) is 0 Å². The number of hydrogen-bond acceptors (Lipinski definition) is 2. The van der Waals surface area contributed by atoms with Crippen LogP contribution >= 0.6 is 11.6 Å². The van der Waals surface area contributed by atoms with E-state index in [0.29, 0.717) is 5.56 Å². The lowest BCUT2D eigenvalue weighted by Gasteiger charge is -1.97. The Labute approximate surface area is 73.7 Å². The molecule has 0 radical (unpaired) electrons. The number of halogens is 2. The average molecular weight is 186 g/mol. The van der Waals surface area contributed by atoms with E-state index in [0.717, 1.165) is 0 Å². The maximum absolute atomic E-state index is 12.5. The largest absolute Gasteiger partial charge is 0.235 e. The Balaban J connectivity index is 2.93. The molecule has 0 unspecified atom stereocenters. The Bertz CT molecular complexity index is 334. The summed E-state index contributed by atoms with van der Waals surface area (Å²) in [5, 5.41) is 0.272. The highest BCUT2D eigenvalue weighted by molar-refractivity contribution is 6.31. The van der Waals surface area contributed by atoms with Crippen molar-refractivity contribution in [1.82, 2.24) is 0 Å². The zero-order valence-corrected chi connectivity index (χ0v) is 6.81. The van der Waals surface area contributed by atoms with Gasteiger partial charge in [0.1, 0.15) is 5.82 Å². The van der Waals surface area contributed by atoms with Gasteiger partial charge in [-0.25, -0.2) is 14.2 Å². The van der Waals surface area contributed by atoms with Crippen LogP contribution in [-0.4, -0.2) is 6.08 Å². The van der Waals surface area contributed by atoms with Gasteiger partial charge in [-0.1, -0.05) is 17.7 Å². The summed E-state index contributed by atoms with van der Waals surface area (Å²) in [7, 11) is 0. The second kappa shape index (κ2) is 4.00. The quantitative estimate of drug-likeness (QED) is 0.514. The summed E-state index contributed by atoms with van der Waals surface area (Å²) in [6, 6.07) is 3.93. The van der Waals surface area contributed by atoms with Crippen LogP contribution in [0.25, 0.3) is 0 Å². The van der Waals surface area contributed by atoms with Crippen molar-refractivity contribution in [3.8, 4) is 0 Å². The number of nitrogens with zero attached hydrogens (tertiary/aromatic N) is 1. The first-order valence-corrected chi connectivity index (χ1v) is 3.59. The average Bonchev–Trinajstić information content (AvgIpc) is 2.03. The van der Waals surface area contributed by atoms with E-state index in [-0.39, 0.29) is 11.6 Å². The molecule has 1 aromatic rings. The van der Waals surface area contributed by atoms with E-state index in [4.69, 9.17) is 11.6 Å². The minimum atomic E-state index is -0.404. The maximum atomic E-state index is 12.5. The van der Waals surface area contributed by atoms with Gasteiger partial charge in [-0.15, -0.1) is 0 Å². The van der Waals surface area contributed by atoms with E-state index in [1.807, 2.05) is 0 Å². The highest BCUT2D eigenvalue weighted by atomic mass is 35.5. The lowest BCUT2D eigenvalue weighted by atomic mass is 10.2. The fourth-order valence-electron chi connectivity index (χ4n) is 0.767. The molecule has 0 atom stereocenters. The summed E-state index contributed by atoms with van der Waals surface area (Å²) >= 11 is 5.64. The van der Waals surface area contributed by atoms with Crippen molar-refractivity contribution in [2.45, 2.75) is 6.54 Å². The fraction of sp³-hybridized carbons (Fsp3) is 0.125. The molecule has 0 spiro atoms. The lowest BCUT2D eigenvalue weighted by molar-refractivity contribution is 0.563. The molecule has 12 heavy (non-hydrogen) atoms. The van der Waals surface area contributed by atoms with Crippen molar-refractivity contribution in [3.05, 3.63) is 34.6 Å². The van der Waals surface area contributed by atoms with Gasteiger partial charge in [-0.05, 0) is 17.7 Å². The second-order valence-corrected chi connectivity index (χ2v) is 2.55. The molecule has 1 aromatic carbocycles. The van der Waals surface area contributed by atoms with Gasteiger partial charge in [0, 0.05) is 5.02 Å². The molecule has 0 saturated carbocycles. The first kappa shape index (κ1) is 8.91. The van der Waals surface area contributed by atoms with Crippen LogP contribution in [0.1, 0.15) is 5.56 Å². The molecule has 0 fully saturated rings. The van der Waals surface area contributed by atoms with Crippen LogP contribution in [0, 0.1) is 5.82 Å². The minimum absolute atomic E-state index is 0.141. The molecule has 0 aliphatic carbocycles. The first-order chi connectivity index (χ1) is 5.74. The van der Waals surface area contributed by atoms with Crippen LogP contribution in [-0.2, 0) is 11.3 Å². The van der Waals surface area contributed by atoms with Crippen molar-refractivity contribution >= 4 is 17.7 Å². The number of benzene rings is 1. The molecule has 2 nitrogen and oxygen atoms in total. The van der Waals surface area contributed by atoms with Crippen LogP contribution in [0.2, 0.25) is 5.02 Å². The zero-order valence-electron chi connectivity index (χ0n) is 6.05. The summed E-state index contributed by atoms with van der Waals surface area (Å²) in [5.41, 5.74) is 0.612. The lowest BCUT2D eigenvalue weighted by Crippen LogP contribution is -1.84. The van der Waals surface area contributed by atoms with Crippen molar-refractivity contribution in [2.75, 3.05) is 0 Å². The molecule has 0 bridgehead atoms. The normalized spacial score (nSPS) is 9.17. The summed E-state index contributed by atoms with van der Waals surface area (Å²) in [4.78, 5) is 13.1. The van der Waals surface area contributed by atoms with E-state index >= 15 is 0 Å². The second-order valence-electron chi connectivity index (χ2n) is 2.14. The van der Waals surface area contributed by atoms with Gasteiger partial charge in [0.25, 0.3) is 0 Å². The first-order valence-electron chi connectivity index (χ1n) is 3.21. The van der Waals surface area contributed by atoms with Gasteiger partial charge < -0.3 is 0 Å². The molecule has 4 heteroatoms. The predicted molar refractivity (Wildman–Crippen MR) is 43.2 cm³/mol. The Morgan fingerprint density at radius 1 is 1.58 bits per heavy atom. The van der Waals surface area contributed by atoms with Crippen molar-refractivity contribution in [2.24, 2.45) is 4.99 Å². The maximum Gasteiger partial charge on any atom is 0.235 e. The molecule has 62 valence electrons. The summed E-state index contributed by atoms with van der Waals surface area (Å²) in [5.74, 6) is -0.404. The van der Waals surface area contributed by atoms with Crippen LogP contribution in [0.4, 0.5) is 4.39 Å². The van der Waals surface area contributed by atoms with Crippen LogP contribution in [0.3, 0.4) is 0 Å². The molecule has 0 amide bonds. The predicted octanol–water partition coefficient (Wildman–Crippen LogP) is 2.31. The van der Waals surface area contributed by atoms with Gasteiger partial charge in [-0.3, -0.25) is 0 Å². The molecule has 0 saturated heterocycles. The molecule has 0 aliphatic rings. The fourth-order valence-corrected chi connectivity index (χ4v) is 0.994. The molecule has 0 heterocycles. The van der Waals surface area contributed by atoms with Gasteiger partial charge in [0.15, 0.2) is 0 Å². The van der Waals surface area contributed by atoms with Crippen molar-refractivity contribution < 1.29 is 9.18 Å². The molecular formula is C8H5ClFNO. The highest BCUT2D eigenvalue weighted by Gasteiger charge is 1.99. The smallest absolute Gasteiger partial charge is 0.211 e. The van der Waals surface area contributed by atoms with Crippen molar-refractivity contribution in [3.63, 3.8) is 0 Å². The Morgan fingerprint density at radius 2 is 2.33 bits per heavy atom. The third kappa shape index (κ3) is 2.16. The van der Waals surface area contributed by atoms with E-state index < -0.39 is 5.82 Å². The zero-order chi connectivity index (χ0) is 8.97. The number of carbonyl (C=O) groups excluding carboxylic acids is 1.